The minimum atomic E-state index is -5.04. The van der Waals surface area contributed by atoms with Crippen LogP contribution < -0.4 is 10.5 Å². The Bertz CT molecular complexity index is 452. The molecule has 16 heavy (non-hydrogen) atoms. The molecule has 0 atom stereocenters. The second-order valence-corrected chi connectivity index (χ2v) is 2.57. The molecule has 0 bridgehead atoms. The molecule has 0 aliphatic heterocycles. The van der Waals surface area contributed by atoms with Crippen molar-refractivity contribution < 1.29 is 27.1 Å². The van der Waals surface area contributed by atoms with Gasteiger partial charge in [-0.2, -0.15) is 4.99 Å². The standard InChI is InChI=1S/C8H4F4N2O2/c9-6-5(16-8(10,11)12)2-1-4(13)7(6)14-3-15/h1-2H,13H2. The molecule has 0 unspecified atom stereocenters. The Morgan fingerprint density at radius 2 is 2.00 bits per heavy atom. The highest BCUT2D eigenvalue weighted by Crippen LogP contribution is 2.34. The highest BCUT2D eigenvalue weighted by Gasteiger charge is 2.33. The topological polar surface area (TPSA) is 64.7 Å². The van der Waals surface area contributed by atoms with E-state index in [-0.39, 0.29) is 5.69 Å². The van der Waals surface area contributed by atoms with E-state index in [0.29, 0.717) is 6.07 Å². The Morgan fingerprint density at radius 1 is 1.38 bits per heavy atom. The van der Waals surface area contributed by atoms with Gasteiger partial charge in [0, 0.05) is 0 Å². The smallest absolute Gasteiger partial charge is 0.403 e. The van der Waals surface area contributed by atoms with Crippen LogP contribution in [0.2, 0.25) is 0 Å². The fourth-order valence-electron chi connectivity index (χ4n) is 0.924. The van der Waals surface area contributed by atoms with E-state index in [0.717, 1.165) is 12.1 Å². The summed E-state index contributed by atoms with van der Waals surface area (Å²) in [5, 5.41) is 0. The number of hydrogen-bond acceptors (Lipinski definition) is 4. The number of ether oxygens (including phenoxy) is 1. The molecule has 86 valence electrons. The Hall–Kier alpha value is -2.08. The average molecular weight is 236 g/mol. The molecule has 0 radical (unpaired) electrons. The molecule has 0 aromatic heterocycles. The maximum Gasteiger partial charge on any atom is 0.573 e. The second-order valence-electron chi connectivity index (χ2n) is 2.57. The molecule has 0 amide bonds. The van der Waals surface area contributed by atoms with Crippen molar-refractivity contribution >= 4 is 17.5 Å². The highest BCUT2D eigenvalue weighted by atomic mass is 19.4. The van der Waals surface area contributed by atoms with Crippen molar-refractivity contribution in [3.63, 3.8) is 0 Å². The van der Waals surface area contributed by atoms with Crippen LogP contribution in [0.25, 0.3) is 0 Å². The number of nitrogens with two attached hydrogens (primary N) is 1. The van der Waals surface area contributed by atoms with E-state index >= 15 is 0 Å². The lowest BCUT2D eigenvalue weighted by atomic mass is 10.2. The molecule has 1 aromatic carbocycles. The van der Waals surface area contributed by atoms with Crippen LogP contribution in [0.1, 0.15) is 0 Å². The van der Waals surface area contributed by atoms with Gasteiger partial charge in [-0.15, -0.1) is 13.2 Å². The van der Waals surface area contributed by atoms with Gasteiger partial charge < -0.3 is 10.5 Å². The molecule has 0 aliphatic carbocycles. The first kappa shape index (κ1) is 12.0. The van der Waals surface area contributed by atoms with E-state index in [1.165, 1.54) is 0 Å². The van der Waals surface area contributed by atoms with Crippen LogP contribution >= 0.6 is 0 Å². The number of halogens is 4. The predicted molar refractivity (Wildman–Crippen MR) is 45.3 cm³/mol. The van der Waals surface area contributed by atoms with Crippen molar-refractivity contribution in [1.29, 1.82) is 0 Å². The summed E-state index contributed by atoms with van der Waals surface area (Å²) in [6, 6.07) is 1.61. The van der Waals surface area contributed by atoms with Gasteiger partial charge in [0.15, 0.2) is 11.6 Å². The van der Waals surface area contributed by atoms with Crippen molar-refractivity contribution in [2.24, 2.45) is 4.99 Å². The summed E-state index contributed by atoms with van der Waals surface area (Å²) >= 11 is 0. The van der Waals surface area contributed by atoms with Crippen LogP contribution in [0.4, 0.5) is 28.9 Å². The number of aliphatic imine (C=N–C) groups is 1. The number of nitrogens with zero attached hydrogens (tertiary/aromatic N) is 1. The Morgan fingerprint density at radius 3 is 2.50 bits per heavy atom. The zero-order valence-electron chi connectivity index (χ0n) is 7.51. The normalized spacial score (nSPS) is 10.8. The molecule has 0 heterocycles. The van der Waals surface area contributed by atoms with Gasteiger partial charge >= 0.3 is 6.36 Å². The highest BCUT2D eigenvalue weighted by molar-refractivity contribution is 5.68. The Balaban J connectivity index is 3.23. The first-order valence-electron chi connectivity index (χ1n) is 3.76. The molecule has 0 aliphatic rings. The van der Waals surface area contributed by atoms with Crippen LogP contribution in [-0.2, 0) is 4.79 Å². The van der Waals surface area contributed by atoms with Crippen LogP contribution in [-0.4, -0.2) is 12.4 Å². The summed E-state index contributed by atoms with van der Waals surface area (Å²) in [4.78, 5) is 12.7. The second kappa shape index (κ2) is 4.19. The summed E-state index contributed by atoms with van der Waals surface area (Å²) in [7, 11) is 0. The van der Waals surface area contributed by atoms with E-state index < -0.39 is 23.6 Å². The molecule has 0 saturated heterocycles. The Labute approximate surface area is 86.3 Å². The maximum absolute atomic E-state index is 13.3. The van der Waals surface area contributed by atoms with E-state index in [1.54, 1.807) is 0 Å². The predicted octanol–water partition coefficient (Wildman–Crippen LogP) is 2.27. The zero-order chi connectivity index (χ0) is 12.3. The number of alkyl halides is 3. The van der Waals surface area contributed by atoms with E-state index in [4.69, 9.17) is 5.73 Å². The minimum Gasteiger partial charge on any atom is -0.403 e. The number of isocyanates is 1. The van der Waals surface area contributed by atoms with Gasteiger partial charge in [0.2, 0.25) is 6.08 Å². The van der Waals surface area contributed by atoms with Crippen molar-refractivity contribution in [3.05, 3.63) is 17.9 Å². The molecular formula is C8H4F4N2O2. The van der Waals surface area contributed by atoms with Crippen molar-refractivity contribution in [3.8, 4) is 5.75 Å². The first-order chi connectivity index (χ1) is 7.35. The lowest BCUT2D eigenvalue weighted by molar-refractivity contribution is -0.275. The third-order valence-corrected chi connectivity index (χ3v) is 1.50. The van der Waals surface area contributed by atoms with E-state index in [9.17, 15) is 22.4 Å². The van der Waals surface area contributed by atoms with Crippen LogP contribution in [0.3, 0.4) is 0 Å². The van der Waals surface area contributed by atoms with Gasteiger partial charge in [-0.25, -0.2) is 9.18 Å². The quantitative estimate of drug-likeness (QED) is 0.370. The fourth-order valence-corrected chi connectivity index (χ4v) is 0.924. The van der Waals surface area contributed by atoms with Crippen molar-refractivity contribution in [1.82, 2.24) is 0 Å². The SMILES string of the molecule is Nc1ccc(OC(F)(F)F)c(F)c1N=C=O. The molecule has 1 aromatic rings. The maximum atomic E-state index is 13.3. The number of benzene rings is 1. The number of nitrogen functional groups attached to an aromatic ring is 1. The average Bonchev–Trinajstić information content (AvgIpc) is 2.15. The van der Waals surface area contributed by atoms with E-state index in [1.807, 2.05) is 0 Å². The third-order valence-electron chi connectivity index (χ3n) is 1.50. The Kier molecular flexibility index (Phi) is 3.14. The monoisotopic (exact) mass is 236 g/mol. The molecule has 0 fully saturated rings. The molecular weight excluding hydrogens is 232 g/mol. The molecule has 1 rings (SSSR count). The lowest BCUT2D eigenvalue weighted by Gasteiger charge is -2.10. The molecule has 0 saturated carbocycles. The van der Waals surface area contributed by atoms with E-state index in [2.05, 4.69) is 9.73 Å². The minimum absolute atomic E-state index is 0.296. The van der Waals surface area contributed by atoms with Crippen molar-refractivity contribution in [2.75, 3.05) is 5.73 Å². The van der Waals surface area contributed by atoms with Gasteiger partial charge in [0.25, 0.3) is 0 Å². The summed E-state index contributed by atoms with van der Waals surface area (Å²) in [5.41, 5.74) is 4.16. The molecule has 0 spiro atoms. The molecule has 4 nitrogen and oxygen atoms in total. The molecule has 2 N–H and O–H groups in total. The lowest BCUT2D eigenvalue weighted by Crippen LogP contribution is -2.18. The zero-order valence-corrected chi connectivity index (χ0v) is 7.51. The first-order valence-corrected chi connectivity index (χ1v) is 3.76. The number of hydrogen-bond donors (Lipinski definition) is 1. The van der Waals surface area contributed by atoms with Gasteiger partial charge in [-0.1, -0.05) is 0 Å². The van der Waals surface area contributed by atoms with Gasteiger partial charge in [-0.05, 0) is 12.1 Å². The summed E-state index contributed by atoms with van der Waals surface area (Å²) < 4.78 is 52.1. The van der Waals surface area contributed by atoms with Gasteiger partial charge in [0.1, 0.15) is 5.69 Å². The van der Waals surface area contributed by atoms with Gasteiger partial charge in [0.05, 0.1) is 5.69 Å². The summed E-state index contributed by atoms with van der Waals surface area (Å²) in [5.74, 6) is -2.59. The number of carbonyl (C=O) groups excluding carboxylic acids is 1. The van der Waals surface area contributed by atoms with Gasteiger partial charge in [-0.3, -0.25) is 0 Å². The number of anilines is 1. The van der Waals surface area contributed by atoms with Crippen molar-refractivity contribution in [2.45, 2.75) is 6.36 Å². The number of rotatable bonds is 2. The third kappa shape index (κ3) is 2.71. The summed E-state index contributed by atoms with van der Waals surface area (Å²) in [6.07, 6.45) is -4.07. The largest absolute Gasteiger partial charge is 0.573 e. The van der Waals surface area contributed by atoms with Crippen LogP contribution in [0.15, 0.2) is 17.1 Å². The van der Waals surface area contributed by atoms with Crippen LogP contribution in [0, 0.1) is 5.82 Å². The van der Waals surface area contributed by atoms with Crippen LogP contribution in [0.5, 0.6) is 5.75 Å². The molecule has 8 heteroatoms. The summed E-state index contributed by atoms with van der Waals surface area (Å²) in [6.45, 7) is 0. The fraction of sp³-hybridized carbons (Fsp3) is 0.125.